The molecule has 0 heterocycles. The number of thioether (sulfide) groups is 1. The van der Waals surface area contributed by atoms with Crippen molar-refractivity contribution >= 4 is 11.8 Å². The first-order chi connectivity index (χ1) is 6.72. The summed E-state index contributed by atoms with van der Waals surface area (Å²) in [5.74, 6) is 0.375. The highest BCUT2D eigenvalue weighted by Crippen LogP contribution is 2.18. The van der Waals surface area contributed by atoms with Crippen molar-refractivity contribution in [3.63, 3.8) is 0 Å². The highest BCUT2D eigenvalue weighted by atomic mass is 32.2. The fourth-order valence-electron chi connectivity index (χ4n) is 0.924. The highest BCUT2D eigenvalue weighted by Gasteiger charge is 1.94. The van der Waals surface area contributed by atoms with Crippen LogP contribution in [0.25, 0.3) is 0 Å². The molecule has 2 nitrogen and oxygen atoms in total. The second-order valence-corrected chi connectivity index (χ2v) is 3.94. The molecule has 1 aromatic rings. The van der Waals surface area contributed by atoms with Crippen LogP contribution in [0.15, 0.2) is 41.2 Å². The molecule has 1 aromatic carbocycles. The Morgan fingerprint density at radius 2 is 2.07 bits per heavy atom. The molecular weight excluding hydrogens is 196 g/mol. The van der Waals surface area contributed by atoms with Crippen molar-refractivity contribution in [2.45, 2.75) is 11.8 Å². The topological polar surface area (TPSA) is 29.1 Å². The fourth-order valence-corrected chi connectivity index (χ4v) is 1.66. The Morgan fingerprint density at radius 3 is 2.64 bits per heavy atom. The maximum Gasteiger partial charge on any atom is 0.327 e. The van der Waals surface area contributed by atoms with Gasteiger partial charge in [0.15, 0.2) is 0 Å². The van der Waals surface area contributed by atoms with E-state index in [4.69, 9.17) is 0 Å². The van der Waals surface area contributed by atoms with Crippen molar-refractivity contribution in [2.24, 2.45) is 0 Å². The van der Waals surface area contributed by atoms with E-state index in [2.05, 4.69) is 23.8 Å². The molecule has 1 rings (SSSR count). The highest BCUT2D eigenvalue weighted by molar-refractivity contribution is 7.99. The van der Waals surface area contributed by atoms with Gasteiger partial charge in [0.1, 0.15) is 0 Å². The second kappa shape index (κ2) is 5.60. The van der Waals surface area contributed by atoms with Crippen LogP contribution >= 0.6 is 11.8 Å². The molecule has 0 saturated heterocycles. The van der Waals surface area contributed by atoms with Gasteiger partial charge in [0.25, 0.3) is 0 Å². The first kappa shape index (κ1) is 11.0. The third kappa shape index (κ3) is 3.75. The standard InChI is InChI=1S/C11H13O2S/c1-9-3-5-10(6-4-9)14-8-7-11(12)13-2/h3-7H,8H2,1-2H3. The number of methoxy groups -OCH3 is 1. The molecule has 0 bridgehead atoms. The van der Waals surface area contributed by atoms with Gasteiger partial charge in [-0.2, -0.15) is 0 Å². The van der Waals surface area contributed by atoms with Gasteiger partial charge >= 0.3 is 5.95 Å². The van der Waals surface area contributed by atoms with Gasteiger partial charge in [-0.15, -0.1) is 11.8 Å². The summed E-state index contributed by atoms with van der Waals surface area (Å²) >= 11 is 1.62. The summed E-state index contributed by atoms with van der Waals surface area (Å²) in [4.78, 5) is 1.16. The first-order valence-corrected chi connectivity index (χ1v) is 5.31. The van der Waals surface area contributed by atoms with Crippen molar-refractivity contribution in [3.8, 4) is 0 Å². The molecule has 75 valence electrons. The Hall–Kier alpha value is -1.09. The van der Waals surface area contributed by atoms with E-state index in [1.165, 1.54) is 18.7 Å². The van der Waals surface area contributed by atoms with Crippen LogP contribution in [-0.2, 0) is 9.84 Å². The Morgan fingerprint density at radius 1 is 1.43 bits per heavy atom. The zero-order valence-electron chi connectivity index (χ0n) is 8.32. The lowest BCUT2D eigenvalue weighted by molar-refractivity contribution is 0.0860. The summed E-state index contributed by atoms with van der Waals surface area (Å²) in [6.07, 6.45) is 1.53. The molecule has 0 aliphatic rings. The normalized spacial score (nSPS) is 11.4. The van der Waals surface area contributed by atoms with Crippen LogP contribution in [0.2, 0.25) is 0 Å². The largest absolute Gasteiger partial charge is 0.466 e. The lowest BCUT2D eigenvalue weighted by Crippen LogP contribution is -1.83. The quantitative estimate of drug-likeness (QED) is 0.563. The lowest BCUT2D eigenvalue weighted by Gasteiger charge is -1.98. The number of benzene rings is 1. The molecule has 0 aromatic heterocycles. The summed E-state index contributed by atoms with van der Waals surface area (Å²) in [6, 6.07) is 8.21. The molecule has 0 atom stereocenters. The summed E-state index contributed by atoms with van der Waals surface area (Å²) in [5, 5.41) is 10.8. The Balaban J connectivity index is 2.42. The fraction of sp³-hybridized carbons (Fsp3) is 0.273. The molecule has 0 fully saturated rings. The first-order valence-electron chi connectivity index (χ1n) is 4.33. The van der Waals surface area contributed by atoms with Crippen LogP contribution in [0, 0.1) is 6.92 Å². The van der Waals surface area contributed by atoms with Crippen LogP contribution in [0.3, 0.4) is 0 Å². The number of ether oxygens (including phenoxy) is 1. The van der Waals surface area contributed by atoms with Gasteiger partial charge in [-0.25, -0.2) is 5.11 Å². The summed E-state index contributed by atoms with van der Waals surface area (Å²) in [6.45, 7) is 2.05. The van der Waals surface area contributed by atoms with Crippen LogP contribution in [-0.4, -0.2) is 12.9 Å². The third-order valence-electron chi connectivity index (χ3n) is 1.72. The van der Waals surface area contributed by atoms with Crippen LogP contribution in [0.5, 0.6) is 0 Å². The second-order valence-electron chi connectivity index (χ2n) is 2.85. The maximum atomic E-state index is 10.8. The average molecular weight is 209 g/mol. The third-order valence-corrected chi connectivity index (χ3v) is 2.66. The van der Waals surface area contributed by atoms with Crippen molar-refractivity contribution in [3.05, 3.63) is 41.9 Å². The zero-order chi connectivity index (χ0) is 10.4. The number of aryl methyl sites for hydroxylation is 1. The molecule has 1 radical (unpaired) electrons. The van der Waals surface area contributed by atoms with Gasteiger partial charge in [-0.1, -0.05) is 17.7 Å². The van der Waals surface area contributed by atoms with Gasteiger partial charge in [-0.3, -0.25) is 0 Å². The Labute approximate surface area is 88.6 Å². The SMILES string of the molecule is COC([O])=CCSc1ccc(C)cc1. The van der Waals surface area contributed by atoms with E-state index in [-0.39, 0.29) is 5.95 Å². The van der Waals surface area contributed by atoms with Crippen LogP contribution < -0.4 is 0 Å². The van der Waals surface area contributed by atoms with Crippen LogP contribution in [0.1, 0.15) is 5.56 Å². The smallest absolute Gasteiger partial charge is 0.327 e. The predicted octanol–water partition coefficient (Wildman–Crippen LogP) is 3.01. The van der Waals surface area contributed by atoms with E-state index in [0.717, 1.165) is 4.90 Å². The summed E-state index contributed by atoms with van der Waals surface area (Å²) in [7, 11) is 1.38. The molecule has 0 spiro atoms. The van der Waals surface area contributed by atoms with E-state index >= 15 is 0 Å². The van der Waals surface area contributed by atoms with Crippen molar-refractivity contribution in [2.75, 3.05) is 12.9 Å². The molecule has 14 heavy (non-hydrogen) atoms. The molecule has 0 aliphatic carbocycles. The van der Waals surface area contributed by atoms with E-state index in [1.54, 1.807) is 11.8 Å². The Bertz CT molecular complexity index is 304. The zero-order valence-corrected chi connectivity index (χ0v) is 9.14. The van der Waals surface area contributed by atoms with Crippen molar-refractivity contribution < 1.29 is 9.84 Å². The average Bonchev–Trinajstić information content (AvgIpc) is 2.21. The van der Waals surface area contributed by atoms with Crippen molar-refractivity contribution in [1.29, 1.82) is 0 Å². The summed E-state index contributed by atoms with van der Waals surface area (Å²) < 4.78 is 4.50. The number of hydrogen-bond acceptors (Lipinski definition) is 2. The maximum absolute atomic E-state index is 10.8. The predicted molar refractivity (Wildman–Crippen MR) is 57.7 cm³/mol. The van der Waals surface area contributed by atoms with E-state index in [9.17, 15) is 5.11 Å². The summed E-state index contributed by atoms with van der Waals surface area (Å²) in [5.41, 5.74) is 1.24. The van der Waals surface area contributed by atoms with Gasteiger partial charge in [0.2, 0.25) is 0 Å². The van der Waals surface area contributed by atoms with Gasteiger partial charge in [0.05, 0.1) is 7.11 Å². The minimum Gasteiger partial charge on any atom is -0.466 e. The van der Waals surface area contributed by atoms with Gasteiger partial charge in [0, 0.05) is 16.7 Å². The van der Waals surface area contributed by atoms with E-state index in [0.29, 0.717) is 5.75 Å². The monoisotopic (exact) mass is 209 g/mol. The van der Waals surface area contributed by atoms with E-state index < -0.39 is 0 Å². The molecule has 3 heteroatoms. The number of hydrogen-bond donors (Lipinski definition) is 0. The molecule has 0 unspecified atom stereocenters. The van der Waals surface area contributed by atoms with E-state index in [1.807, 2.05) is 12.1 Å². The molecule has 0 aliphatic heterocycles. The lowest BCUT2D eigenvalue weighted by atomic mass is 10.2. The number of rotatable bonds is 4. The minimum absolute atomic E-state index is 0.274. The minimum atomic E-state index is -0.274. The molecule has 0 saturated carbocycles. The molecular formula is C11H13O2S. The molecule has 0 amide bonds. The molecule has 0 N–H and O–H groups in total. The van der Waals surface area contributed by atoms with Gasteiger partial charge in [-0.05, 0) is 19.1 Å². The Kier molecular flexibility index (Phi) is 4.40. The van der Waals surface area contributed by atoms with Gasteiger partial charge < -0.3 is 4.74 Å². The van der Waals surface area contributed by atoms with Crippen molar-refractivity contribution in [1.82, 2.24) is 0 Å². The van der Waals surface area contributed by atoms with Crippen LogP contribution in [0.4, 0.5) is 0 Å².